The molecule has 0 amide bonds. The Morgan fingerprint density at radius 2 is 2.14 bits per heavy atom. The molecule has 11 nitrogen and oxygen atoms in total. The SMILES string of the molecule is CNS(=O)(=O)O[C@@H]1C[C@@H](Nc2ncncc2C(=O)c2ccn(Cc3ccc(F)c(Cl)c3)n2)[C@@H](F)[C@@H]1O. The van der Waals surface area contributed by atoms with Crippen LogP contribution in [0.5, 0.6) is 0 Å². The molecule has 0 bridgehead atoms. The van der Waals surface area contributed by atoms with Crippen molar-refractivity contribution < 1.29 is 31.3 Å². The van der Waals surface area contributed by atoms with Crippen LogP contribution in [-0.2, 0) is 21.0 Å². The third-order valence-electron chi connectivity index (χ3n) is 5.56. The van der Waals surface area contributed by atoms with E-state index in [-0.39, 0.29) is 35.1 Å². The number of aliphatic hydroxyl groups excluding tert-OH is 1. The van der Waals surface area contributed by atoms with Crippen LogP contribution in [-0.4, -0.2) is 70.5 Å². The van der Waals surface area contributed by atoms with Crippen LogP contribution < -0.4 is 10.0 Å². The van der Waals surface area contributed by atoms with Gasteiger partial charge in [-0.3, -0.25) is 13.7 Å². The number of aliphatic hydroxyl groups is 1. The van der Waals surface area contributed by atoms with Gasteiger partial charge < -0.3 is 10.4 Å². The molecule has 15 heteroatoms. The molecule has 1 aliphatic rings. The van der Waals surface area contributed by atoms with Crippen molar-refractivity contribution in [2.24, 2.45) is 0 Å². The van der Waals surface area contributed by atoms with Gasteiger partial charge in [0, 0.05) is 25.9 Å². The summed E-state index contributed by atoms with van der Waals surface area (Å²) in [5, 5.41) is 17.0. The highest BCUT2D eigenvalue weighted by Gasteiger charge is 2.46. The highest BCUT2D eigenvalue weighted by atomic mass is 35.5. The normalized spacial score (nSPS) is 22.0. The zero-order valence-corrected chi connectivity index (χ0v) is 20.2. The Morgan fingerprint density at radius 1 is 1.36 bits per heavy atom. The van der Waals surface area contributed by atoms with Crippen molar-refractivity contribution >= 4 is 33.5 Å². The van der Waals surface area contributed by atoms with Gasteiger partial charge >= 0.3 is 10.3 Å². The molecule has 0 spiro atoms. The van der Waals surface area contributed by atoms with E-state index in [1.54, 1.807) is 12.3 Å². The minimum Gasteiger partial charge on any atom is -0.387 e. The lowest BCUT2D eigenvalue weighted by molar-refractivity contribution is 0.0248. The summed E-state index contributed by atoms with van der Waals surface area (Å²) in [4.78, 5) is 21.0. The Hall–Kier alpha value is -3.04. The number of benzene rings is 1. The van der Waals surface area contributed by atoms with Gasteiger partial charge in [0.05, 0.1) is 23.2 Å². The molecule has 3 N–H and O–H groups in total. The number of alkyl halides is 1. The maximum absolute atomic E-state index is 14.7. The van der Waals surface area contributed by atoms with Crippen molar-refractivity contribution in [3.63, 3.8) is 0 Å². The molecular weight excluding hydrogens is 522 g/mol. The van der Waals surface area contributed by atoms with Gasteiger partial charge in [-0.05, 0) is 23.8 Å². The lowest BCUT2D eigenvalue weighted by Gasteiger charge is -2.17. The van der Waals surface area contributed by atoms with Gasteiger partial charge in [-0.1, -0.05) is 17.7 Å². The van der Waals surface area contributed by atoms with Gasteiger partial charge in [0.2, 0.25) is 5.78 Å². The third-order valence-corrected chi connectivity index (χ3v) is 6.85. The third kappa shape index (κ3) is 5.68. The maximum atomic E-state index is 14.7. The fourth-order valence-corrected chi connectivity index (χ4v) is 4.55. The predicted octanol–water partition coefficient (Wildman–Crippen LogP) is 1.48. The molecule has 1 aromatic carbocycles. The summed E-state index contributed by atoms with van der Waals surface area (Å²) < 4.78 is 59.6. The van der Waals surface area contributed by atoms with Crippen LogP contribution >= 0.6 is 11.6 Å². The van der Waals surface area contributed by atoms with Gasteiger partial charge in [-0.15, -0.1) is 0 Å². The quantitative estimate of drug-likeness (QED) is 0.342. The van der Waals surface area contributed by atoms with Crippen molar-refractivity contribution in [1.82, 2.24) is 24.5 Å². The van der Waals surface area contributed by atoms with Crippen LogP contribution in [0, 0.1) is 5.82 Å². The lowest BCUT2D eigenvalue weighted by Crippen LogP contribution is -2.35. The molecule has 1 fully saturated rings. The zero-order chi connectivity index (χ0) is 26.0. The second-order valence-electron chi connectivity index (χ2n) is 7.98. The number of hydrogen-bond donors (Lipinski definition) is 3. The fraction of sp³-hybridized carbons (Fsp3) is 0.333. The molecule has 1 saturated carbocycles. The van der Waals surface area contributed by atoms with E-state index in [9.17, 15) is 27.1 Å². The average molecular weight is 543 g/mol. The number of anilines is 1. The van der Waals surface area contributed by atoms with Crippen molar-refractivity contribution in [1.29, 1.82) is 0 Å². The molecule has 4 atom stereocenters. The highest BCUT2D eigenvalue weighted by Crippen LogP contribution is 2.30. The van der Waals surface area contributed by atoms with Crippen molar-refractivity contribution in [2.45, 2.75) is 37.4 Å². The van der Waals surface area contributed by atoms with E-state index in [4.69, 9.17) is 15.8 Å². The topological polar surface area (TPSA) is 148 Å². The highest BCUT2D eigenvalue weighted by molar-refractivity contribution is 7.84. The number of carbonyl (C=O) groups is 1. The first-order valence-electron chi connectivity index (χ1n) is 10.6. The van der Waals surface area contributed by atoms with E-state index in [0.717, 1.165) is 13.4 Å². The van der Waals surface area contributed by atoms with E-state index in [0.29, 0.717) is 5.56 Å². The van der Waals surface area contributed by atoms with Crippen LogP contribution in [0.3, 0.4) is 0 Å². The standard InChI is InChI=1S/C21H21ClF2N6O5S/c1-25-36(33,34)35-17-7-16(18(24)20(17)32)28-21-12(8-26-10-27-21)19(31)15-4-5-30(29-15)9-11-2-3-14(23)13(22)6-11/h2-6,8,10,16-18,20,25,32H,7,9H2,1H3,(H,26,27,28)/t16-,17-,18-,20-/m1/s1. The smallest absolute Gasteiger partial charge is 0.335 e. The van der Waals surface area contributed by atoms with Crippen LogP contribution in [0.1, 0.15) is 28.0 Å². The van der Waals surface area contributed by atoms with E-state index in [2.05, 4.69) is 20.4 Å². The first-order chi connectivity index (χ1) is 17.1. The largest absolute Gasteiger partial charge is 0.387 e. The molecule has 2 aromatic heterocycles. The van der Waals surface area contributed by atoms with Crippen LogP contribution in [0.15, 0.2) is 43.0 Å². The number of nitrogens with one attached hydrogen (secondary N) is 2. The van der Waals surface area contributed by atoms with Gasteiger partial charge in [0.15, 0.2) is 0 Å². The van der Waals surface area contributed by atoms with E-state index >= 15 is 0 Å². The fourth-order valence-electron chi connectivity index (χ4n) is 3.73. The van der Waals surface area contributed by atoms with E-state index in [1.807, 2.05) is 4.72 Å². The molecule has 0 radical (unpaired) electrons. The Morgan fingerprint density at radius 3 is 2.86 bits per heavy atom. The molecule has 36 heavy (non-hydrogen) atoms. The number of aromatic nitrogens is 4. The molecule has 2 heterocycles. The lowest BCUT2D eigenvalue weighted by atomic mass is 10.1. The minimum absolute atomic E-state index is 0.0125. The van der Waals surface area contributed by atoms with E-state index < -0.39 is 46.3 Å². The van der Waals surface area contributed by atoms with Crippen molar-refractivity contribution in [3.8, 4) is 0 Å². The zero-order valence-electron chi connectivity index (χ0n) is 18.7. The molecule has 1 aliphatic carbocycles. The van der Waals surface area contributed by atoms with Gasteiger partial charge in [0.1, 0.15) is 42.0 Å². The van der Waals surface area contributed by atoms with Crippen molar-refractivity contribution in [3.05, 3.63) is 70.6 Å². The summed E-state index contributed by atoms with van der Waals surface area (Å²) in [5.74, 6) is -1.13. The summed E-state index contributed by atoms with van der Waals surface area (Å²) in [6.45, 7) is 0.226. The summed E-state index contributed by atoms with van der Waals surface area (Å²) in [6, 6.07) is 4.59. The van der Waals surface area contributed by atoms with Crippen LogP contribution in [0.4, 0.5) is 14.6 Å². The number of hydrogen-bond acceptors (Lipinski definition) is 9. The summed E-state index contributed by atoms with van der Waals surface area (Å²) in [6.07, 6.45) is -1.25. The molecular formula is C21H21ClF2N6O5S. The predicted molar refractivity (Wildman–Crippen MR) is 124 cm³/mol. The maximum Gasteiger partial charge on any atom is 0.335 e. The molecule has 0 aliphatic heterocycles. The molecule has 4 rings (SSSR count). The van der Waals surface area contributed by atoms with Crippen LogP contribution in [0.2, 0.25) is 5.02 Å². The number of rotatable bonds is 9. The molecule has 0 unspecified atom stereocenters. The second-order valence-corrected chi connectivity index (χ2v) is 9.89. The number of carbonyl (C=O) groups excluding carboxylic acids is 1. The van der Waals surface area contributed by atoms with Crippen LogP contribution in [0.25, 0.3) is 0 Å². The summed E-state index contributed by atoms with van der Waals surface area (Å²) in [5.41, 5.74) is 0.701. The second kappa shape index (κ2) is 10.5. The Bertz CT molecular complexity index is 1370. The summed E-state index contributed by atoms with van der Waals surface area (Å²) in [7, 11) is -3.04. The number of nitrogens with zero attached hydrogens (tertiary/aromatic N) is 4. The van der Waals surface area contributed by atoms with Gasteiger partial charge in [-0.25, -0.2) is 18.7 Å². The average Bonchev–Trinajstić information content (AvgIpc) is 3.41. The molecule has 192 valence electrons. The van der Waals surface area contributed by atoms with E-state index in [1.165, 1.54) is 29.1 Å². The minimum atomic E-state index is -4.16. The first kappa shape index (κ1) is 26.0. The summed E-state index contributed by atoms with van der Waals surface area (Å²) >= 11 is 5.81. The Labute approximate surface area is 209 Å². The first-order valence-corrected chi connectivity index (χ1v) is 12.4. The molecule has 0 saturated heterocycles. The number of ketones is 1. The number of halogens is 3. The van der Waals surface area contributed by atoms with Crippen molar-refractivity contribution in [2.75, 3.05) is 12.4 Å². The Balaban J connectivity index is 1.49. The molecule has 3 aromatic rings. The van der Waals surface area contributed by atoms with Gasteiger partial charge in [0.25, 0.3) is 0 Å². The van der Waals surface area contributed by atoms with Gasteiger partial charge in [-0.2, -0.15) is 18.2 Å². The monoisotopic (exact) mass is 542 g/mol. The Kier molecular flexibility index (Phi) is 7.61.